The number of allylic oxidation sites excluding steroid dienone is 1. The molecule has 0 aromatic heterocycles. The summed E-state index contributed by atoms with van der Waals surface area (Å²) in [6.45, 7) is 4.53. The molecule has 0 amide bonds. The lowest BCUT2D eigenvalue weighted by Gasteiger charge is -2.26. The van der Waals surface area contributed by atoms with Gasteiger partial charge in [0, 0.05) is 12.1 Å². The standard InChI is InChI=1S/C20H20O5/c1-12(2)7-8-24-15-5-3-13(4-6-15)18-11-17(23)20-16(22)9-14(21)10-19(20)25-18/h3-7,9-10,18,21-22H,8,11H2,1-2H3/t18-/m1/s1. The molecule has 0 aliphatic carbocycles. The first-order valence-corrected chi connectivity index (χ1v) is 8.06. The lowest BCUT2D eigenvalue weighted by Crippen LogP contribution is -2.20. The molecular formula is C20H20O5. The summed E-state index contributed by atoms with van der Waals surface area (Å²) in [5.41, 5.74) is 2.14. The third kappa shape index (κ3) is 3.76. The molecular weight excluding hydrogens is 320 g/mol. The Balaban J connectivity index is 1.77. The number of fused-ring (bicyclic) bond motifs is 1. The van der Waals surface area contributed by atoms with Gasteiger partial charge in [0.15, 0.2) is 5.78 Å². The van der Waals surface area contributed by atoms with Gasteiger partial charge in [-0.15, -0.1) is 0 Å². The lowest BCUT2D eigenvalue weighted by molar-refractivity contribution is 0.0845. The van der Waals surface area contributed by atoms with Crippen LogP contribution in [0.4, 0.5) is 0 Å². The fourth-order valence-electron chi connectivity index (χ4n) is 2.69. The van der Waals surface area contributed by atoms with Crippen LogP contribution in [-0.4, -0.2) is 22.6 Å². The van der Waals surface area contributed by atoms with Crippen LogP contribution in [0, 0.1) is 0 Å². The van der Waals surface area contributed by atoms with E-state index in [2.05, 4.69) is 0 Å². The van der Waals surface area contributed by atoms with Crippen LogP contribution in [0.15, 0.2) is 48.0 Å². The fourth-order valence-corrected chi connectivity index (χ4v) is 2.69. The summed E-state index contributed by atoms with van der Waals surface area (Å²) in [5, 5.41) is 19.4. The van der Waals surface area contributed by atoms with Gasteiger partial charge in [-0.05, 0) is 37.6 Å². The fraction of sp³-hybridized carbons (Fsp3) is 0.250. The number of ketones is 1. The van der Waals surface area contributed by atoms with Gasteiger partial charge in [-0.3, -0.25) is 4.79 Å². The summed E-state index contributed by atoms with van der Waals surface area (Å²) in [6.07, 6.45) is 1.66. The predicted molar refractivity (Wildman–Crippen MR) is 93.5 cm³/mol. The molecule has 2 N–H and O–H groups in total. The first kappa shape index (κ1) is 16.9. The van der Waals surface area contributed by atoms with Crippen molar-refractivity contribution in [2.24, 2.45) is 0 Å². The van der Waals surface area contributed by atoms with E-state index < -0.39 is 6.10 Å². The molecule has 5 heteroatoms. The molecule has 3 rings (SSSR count). The summed E-state index contributed by atoms with van der Waals surface area (Å²) >= 11 is 0. The number of phenols is 2. The minimum Gasteiger partial charge on any atom is -0.508 e. The zero-order chi connectivity index (χ0) is 18.0. The maximum atomic E-state index is 12.3. The smallest absolute Gasteiger partial charge is 0.174 e. The largest absolute Gasteiger partial charge is 0.508 e. The van der Waals surface area contributed by atoms with Crippen molar-refractivity contribution in [3.63, 3.8) is 0 Å². The lowest BCUT2D eigenvalue weighted by atomic mass is 9.95. The first-order chi connectivity index (χ1) is 11.9. The quantitative estimate of drug-likeness (QED) is 0.818. The number of ether oxygens (including phenoxy) is 2. The number of aromatic hydroxyl groups is 2. The van der Waals surface area contributed by atoms with E-state index in [1.807, 2.05) is 44.2 Å². The van der Waals surface area contributed by atoms with Gasteiger partial charge in [-0.1, -0.05) is 17.7 Å². The van der Waals surface area contributed by atoms with Crippen LogP contribution in [-0.2, 0) is 0 Å². The van der Waals surface area contributed by atoms with Crippen LogP contribution >= 0.6 is 0 Å². The van der Waals surface area contributed by atoms with Gasteiger partial charge in [0.2, 0.25) is 0 Å². The van der Waals surface area contributed by atoms with E-state index in [1.54, 1.807) is 0 Å². The van der Waals surface area contributed by atoms with Crippen LogP contribution in [0.3, 0.4) is 0 Å². The second-order valence-electron chi connectivity index (χ2n) is 6.23. The molecule has 1 aliphatic rings. The van der Waals surface area contributed by atoms with E-state index in [1.165, 1.54) is 11.6 Å². The summed E-state index contributed by atoms with van der Waals surface area (Å²) in [4.78, 5) is 12.3. The molecule has 1 atom stereocenters. The van der Waals surface area contributed by atoms with Crippen LogP contribution < -0.4 is 9.47 Å². The number of carbonyl (C=O) groups excluding carboxylic acids is 1. The van der Waals surface area contributed by atoms with Crippen molar-refractivity contribution in [2.75, 3.05) is 6.61 Å². The zero-order valence-electron chi connectivity index (χ0n) is 14.2. The third-order valence-corrected chi connectivity index (χ3v) is 3.98. The van der Waals surface area contributed by atoms with Gasteiger partial charge >= 0.3 is 0 Å². The highest BCUT2D eigenvalue weighted by Crippen LogP contribution is 2.41. The highest BCUT2D eigenvalue weighted by Gasteiger charge is 2.30. The van der Waals surface area contributed by atoms with E-state index in [9.17, 15) is 15.0 Å². The maximum Gasteiger partial charge on any atom is 0.174 e. The van der Waals surface area contributed by atoms with Crippen molar-refractivity contribution in [1.82, 2.24) is 0 Å². The minimum atomic E-state index is -0.465. The minimum absolute atomic E-state index is 0.121. The number of carbonyl (C=O) groups is 1. The Hall–Kier alpha value is -2.95. The van der Waals surface area contributed by atoms with Crippen LogP contribution in [0.1, 0.15) is 42.3 Å². The average molecular weight is 340 g/mol. The number of hydrogen-bond donors (Lipinski definition) is 2. The van der Waals surface area contributed by atoms with E-state index in [4.69, 9.17) is 9.47 Å². The molecule has 130 valence electrons. The van der Waals surface area contributed by atoms with Crippen molar-refractivity contribution in [1.29, 1.82) is 0 Å². The van der Waals surface area contributed by atoms with Gasteiger partial charge in [0.25, 0.3) is 0 Å². The number of hydrogen-bond acceptors (Lipinski definition) is 5. The SMILES string of the molecule is CC(C)=CCOc1ccc([C@H]2CC(=O)c3c(O)cc(O)cc3O2)cc1. The van der Waals surface area contributed by atoms with Gasteiger partial charge in [0.05, 0.1) is 6.42 Å². The second kappa shape index (κ2) is 6.89. The highest BCUT2D eigenvalue weighted by molar-refractivity contribution is 6.02. The Morgan fingerprint density at radius 3 is 2.64 bits per heavy atom. The summed E-state index contributed by atoms with van der Waals surface area (Å²) in [6, 6.07) is 9.84. The third-order valence-electron chi connectivity index (χ3n) is 3.98. The normalized spacial score (nSPS) is 15.9. The molecule has 0 unspecified atom stereocenters. The molecule has 1 heterocycles. The molecule has 0 spiro atoms. The topological polar surface area (TPSA) is 76.0 Å². The van der Waals surface area contributed by atoms with E-state index >= 15 is 0 Å². The molecule has 0 saturated heterocycles. The van der Waals surface area contributed by atoms with Crippen LogP contribution in [0.25, 0.3) is 0 Å². The van der Waals surface area contributed by atoms with E-state index in [0.29, 0.717) is 6.61 Å². The summed E-state index contributed by atoms with van der Waals surface area (Å²) in [5.74, 6) is 0.309. The zero-order valence-corrected chi connectivity index (χ0v) is 14.2. The monoisotopic (exact) mass is 340 g/mol. The first-order valence-electron chi connectivity index (χ1n) is 8.06. The number of Topliss-reactive ketones (excluding diaryl/α,β-unsaturated/α-hetero) is 1. The number of phenolic OH excluding ortho intramolecular Hbond substituents is 2. The van der Waals surface area contributed by atoms with E-state index in [0.717, 1.165) is 17.4 Å². The Morgan fingerprint density at radius 1 is 1.24 bits per heavy atom. The van der Waals surface area contributed by atoms with Crippen molar-refractivity contribution in [2.45, 2.75) is 26.4 Å². The van der Waals surface area contributed by atoms with Gasteiger partial charge in [-0.2, -0.15) is 0 Å². The predicted octanol–water partition coefficient (Wildman–Crippen LogP) is 4.15. The molecule has 0 radical (unpaired) electrons. The Labute approximate surface area is 146 Å². The molecule has 2 aromatic rings. The molecule has 0 saturated carbocycles. The second-order valence-corrected chi connectivity index (χ2v) is 6.23. The molecule has 1 aliphatic heterocycles. The molecule has 0 fully saturated rings. The van der Waals surface area contributed by atoms with Crippen molar-refractivity contribution >= 4 is 5.78 Å². The van der Waals surface area contributed by atoms with Gasteiger partial charge in [-0.25, -0.2) is 0 Å². The number of benzene rings is 2. The molecule has 0 bridgehead atoms. The van der Waals surface area contributed by atoms with Crippen molar-refractivity contribution in [3.8, 4) is 23.0 Å². The summed E-state index contributed by atoms with van der Waals surface area (Å²) < 4.78 is 11.4. The van der Waals surface area contributed by atoms with Gasteiger partial charge in [0.1, 0.15) is 41.3 Å². The Bertz CT molecular complexity index is 817. The Morgan fingerprint density at radius 2 is 1.96 bits per heavy atom. The van der Waals surface area contributed by atoms with Crippen LogP contribution in [0.2, 0.25) is 0 Å². The van der Waals surface area contributed by atoms with Crippen molar-refractivity contribution in [3.05, 3.63) is 59.2 Å². The van der Waals surface area contributed by atoms with Crippen molar-refractivity contribution < 1.29 is 24.5 Å². The maximum absolute atomic E-state index is 12.3. The summed E-state index contributed by atoms with van der Waals surface area (Å²) in [7, 11) is 0. The highest BCUT2D eigenvalue weighted by atomic mass is 16.5. The average Bonchev–Trinajstić information content (AvgIpc) is 2.54. The molecule has 5 nitrogen and oxygen atoms in total. The molecule has 2 aromatic carbocycles. The number of rotatable bonds is 4. The molecule has 25 heavy (non-hydrogen) atoms. The van der Waals surface area contributed by atoms with Gasteiger partial charge < -0.3 is 19.7 Å². The Kier molecular flexibility index (Phi) is 4.65. The van der Waals surface area contributed by atoms with Crippen LogP contribution in [0.5, 0.6) is 23.0 Å². The van der Waals surface area contributed by atoms with E-state index in [-0.39, 0.29) is 35.0 Å².